The molecule has 0 spiro atoms. The number of carbonyl (C=O) groups is 1. The summed E-state index contributed by atoms with van der Waals surface area (Å²) >= 11 is 1.74. The first-order valence-corrected chi connectivity index (χ1v) is 9.72. The fourth-order valence-corrected chi connectivity index (χ4v) is 4.56. The molecular weight excluding hydrogens is 332 g/mol. The summed E-state index contributed by atoms with van der Waals surface area (Å²) < 4.78 is 1.89. The van der Waals surface area contributed by atoms with E-state index < -0.39 is 0 Å². The van der Waals surface area contributed by atoms with Gasteiger partial charge in [0.25, 0.3) is 0 Å². The second-order valence-corrected chi connectivity index (χ2v) is 7.52. The first kappa shape index (κ1) is 17.7. The normalized spacial score (nSPS) is 17.0. The van der Waals surface area contributed by atoms with Gasteiger partial charge in [0, 0.05) is 23.5 Å². The van der Waals surface area contributed by atoms with Gasteiger partial charge in [-0.3, -0.25) is 9.48 Å². The van der Waals surface area contributed by atoms with E-state index in [2.05, 4.69) is 33.6 Å². The number of likely N-dealkylation sites (tertiary alicyclic amines) is 1. The lowest BCUT2D eigenvalue weighted by Crippen LogP contribution is -2.30. The van der Waals surface area contributed by atoms with Gasteiger partial charge in [0.1, 0.15) is 0 Å². The number of rotatable bonds is 6. The third kappa shape index (κ3) is 3.77. The molecule has 0 radical (unpaired) electrons. The van der Waals surface area contributed by atoms with Crippen LogP contribution in [0.2, 0.25) is 0 Å². The molecule has 1 saturated heterocycles. The summed E-state index contributed by atoms with van der Waals surface area (Å²) in [5, 5.41) is 15.4. The van der Waals surface area contributed by atoms with Crippen molar-refractivity contribution in [1.82, 2.24) is 14.7 Å². The van der Waals surface area contributed by atoms with Crippen LogP contribution in [0.4, 0.5) is 0 Å². The van der Waals surface area contributed by atoms with Crippen molar-refractivity contribution in [2.75, 3.05) is 6.54 Å². The van der Waals surface area contributed by atoms with Gasteiger partial charge in [-0.2, -0.15) is 10.4 Å². The number of hydrogen-bond donors (Lipinski definition) is 0. The van der Waals surface area contributed by atoms with Crippen molar-refractivity contribution >= 4 is 17.2 Å². The van der Waals surface area contributed by atoms with E-state index in [-0.39, 0.29) is 11.9 Å². The Morgan fingerprint density at radius 1 is 1.48 bits per heavy atom. The summed E-state index contributed by atoms with van der Waals surface area (Å²) in [6, 6.07) is 6.61. The van der Waals surface area contributed by atoms with Crippen LogP contribution in [0.3, 0.4) is 0 Å². The summed E-state index contributed by atoms with van der Waals surface area (Å²) in [6.07, 6.45) is 3.84. The molecule has 1 aliphatic rings. The quantitative estimate of drug-likeness (QED) is 0.791. The maximum Gasteiger partial charge on any atom is 0.223 e. The molecule has 1 fully saturated rings. The van der Waals surface area contributed by atoms with Crippen molar-refractivity contribution in [3.63, 3.8) is 0 Å². The molecule has 0 N–H and O–H groups in total. The van der Waals surface area contributed by atoms with Crippen LogP contribution in [-0.2, 0) is 17.8 Å². The molecule has 3 rings (SSSR count). The SMILES string of the molecule is Cc1nn(CCC#N)c(C)c1CCC(=O)N1CCCC1c1cccs1. The van der Waals surface area contributed by atoms with E-state index in [1.54, 1.807) is 11.3 Å². The molecule has 132 valence electrons. The minimum absolute atomic E-state index is 0.236. The Morgan fingerprint density at radius 2 is 2.32 bits per heavy atom. The molecule has 3 heterocycles. The lowest BCUT2D eigenvalue weighted by molar-refractivity contribution is -0.132. The van der Waals surface area contributed by atoms with Crippen LogP contribution in [0.1, 0.15) is 53.6 Å². The van der Waals surface area contributed by atoms with Gasteiger partial charge in [0.05, 0.1) is 30.8 Å². The number of carbonyl (C=O) groups excluding carboxylic acids is 1. The van der Waals surface area contributed by atoms with Crippen LogP contribution in [0.15, 0.2) is 17.5 Å². The Hall–Kier alpha value is -2.13. The van der Waals surface area contributed by atoms with Crippen molar-refractivity contribution in [2.24, 2.45) is 0 Å². The standard InChI is InChI=1S/C19H24N4OS/c1-14-16(15(2)23(21-14)12-5-10-20)8-9-19(24)22-11-3-6-17(22)18-7-4-13-25-18/h4,7,13,17H,3,5-6,8-9,11-12H2,1-2H3. The second-order valence-electron chi connectivity index (χ2n) is 6.54. The number of aryl methyl sites for hydroxylation is 2. The molecule has 1 atom stereocenters. The Bertz CT molecular complexity index is 772. The minimum Gasteiger partial charge on any atom is -0.335 e. The van der Waals surface area contributed by atoms with E-state index in [1.807, 2.05) is 18.5 Å². The van der Waals surface area contributed by atoms with Crippen LogP contribution in [-0.4, -0.2) is 27.1 Å². The molecule has 0 aromatic carbocycles. The van der Waals surface area contributed by atoms with Crippen LogP contribution in [0.5, 0.6) is 0 Å². The summed E-state index contributed by atoms with van der Waals surface area (Å²) in [5.74, 6) is 0.236. The van der Waals surface area contributed by atoms with E-state index in [4.69, 9.17) is 5.26 Å². The molecule has 0 saturated carbocycles. The van der Waals surface area contributed by atoms with Crippen molar-refractivity contribution in [1.29, 1.82) is 5.26 Å². The maximum absolute atomic E-state index is 12.8. The molecule has 6 heteroatoms. The maximum atomic E-state index is 12.8. The number of nitriles is 1. The van der Waals surface area contributed by atoms with Gasteiger partial charge in [0.2, 0.25) is 5.91 Å². The Morgan fingerprint density at radius 3 is 3.04 bits per heavy atom. The summed E-state index contributed by atoms with van der Waals surface area (Å²) in [4.78, 5) is 16.1. The van der Waals surface area contributed by atoms with E-state index in [9.17, 15) is 4.79 Å². The van der Waals surface area contributed by atoms with Gasteiger partial charge < -0.3 is 4.90 Å². The van der Waals surface area contributed by atoms with E-state index in [0.717, 1.165) is 42.8 Å². The number of hydrogen-bond acceptors (Lipinski definition) is 4. The zero-order valence-electron chi connectivity index (χ0n) is 14.9. The van der Waals surface area contributed by atoms with Crippen LogP contribution >= 0.6 is 11.3 Å². The molecule has 5 nitrogen and oxygen atoms in total. The monoisotopic (exact) mass is 356 g/mol. The highest BCUT2D eigenvalue weighted by atomic mass is 32.1. The Kier molecular flexibility index (Phi) is 5.54. The third-order valence-corrected chi connectivity index (χ3v) is 5.97. The number of thiophene rings is 1. The van der Waals surface area contributed by atoms with E-state index in [0.29, 0.717) is 19.4 Å². The van der Waals surface area contributed by atoms with Crippen LogP contribution in [0, 0.1) is 25.2 Å². The summed E-state index contributed by atoms with van der Waals surface area (Å²) in [7, 11) is 0. The van der Waals surface area contributed by atoms with Gasteiger partial charge in [-0.25, -0.2) is 0 Å². The number of aromatic nitrogens is 2. The molecule has 1 aliphatic heterocycles. The van der Waals surface area contributed by atoms with Crippen molar-refractivity contribution in [3.05, 3.63) is 39.3 Å². The lowest BCUT2D eigenvalue weighted by atomic mass is 10.1. The van der Waals surface area contributed by atoms with E-state index in [1.165, 1.54) is 4.88 Å². The fourth-order valence-electron chi connectivity index (χ4n) is 3.69. The van der Waals surface area contributed by atoms with E-state index >= 15 is 0 Å². The van der Waals surface area contributed by atoms with Gasteiger partial charge >= 0.3 is 0 Å². The van der Waals surface area contributed by atoms with Crippen LogP contribution < -0.4 is 0 Å². The number of nitrogens with zero attached hydrogens (tertiary/aromatic N) is 4. The molecule has 25 heavy (non-hydrogen) atoms. The topological polar surface area (TPSA) is 61.9 Å². The fraction of sp³-hybridized carbons (Fsp3) is 0.526. The molecule has 1 amide bonds. The van der Waals surface area contributed by atoms with Crippen molar-refractivity contribution < 1.29 is 4.79 Å². The lowest BCUT2D eigenvalue weighted by Gasteiger charge is -2.24. The van der Waals surface area contributed by atoms with Crippen molar-refractivity contribution in [3.8, 4) is 6.07 Å². The predicted octanol–water partition coefficient (Wildman–Crippen LogP) is 3.77. The second kappa shape index (κ2) is 7.83. The smallest absolute Gasteiger partial charge is 0.223 e. The summed E-state index contributed by atoms with van der Waals surface area (Å²) in [6.45, 7) is 5.49. The average Bonchev–Trinajstić information content (AvgIpc) is 3.32. The Labute approximate surface area is 152 Å². The van der Waals surface area contributed by atoms with Crippen molar-refractivity contribution in [2.45, 2.75) is 58.5 Å². The third-order valence-electron chi connectivity index (χ3n) is 5.00. The first-order valence-electron chi connectivity index (χ1n) is 8.84. The van der Waals surface area contributed by atoms with Gasteiger partial charge in [0.15, 0.2) is 0 Å². The predicted molar refractivity (Wildman–Crippen MR) is 98.3 cm³/mol. The van der Waals surface area contributed by atoms with Gasteiger partial charge in [-0.15, -0.1) is 11.3 Å². The first-order chi connectivity index (χ1) is 12.1. The number of amides is 1. The summed E-state index contributed by atoms with van der Waals surface area (Å²) in [5.41, 5.74) is 3.20. The molecule has 1 unspecified atom stereocenters. The van der Waals surface area contributed by atoms with Gasteiger partial charge in [-0.1, -0.05) is 6.07 Å². The molecule has 2 aromatic heterocycles. The highest BCUT2D eigenvalue weighted by Crippen LogP contribution is 2.35. The van der Waals surface area contributed by atoms with Crippen LogP contribution in [0.25, 0.3) is 0 Å². The molecule has 2 aromatic rings. The average molecular weight is 356 g/mol. The molecule has 0 aliphatic carbocycles. The largest absolute Gasteiger partial charge is 0.335 e. The van der Waals surface area contributed by atoms with Gasteiger partial charge in [-0.05, 0) is 50.1 Å². The zero-order valence-corrected chi connectivity index (χ0v) is 15.7. The molecule has 0 bridgehead atoms. The minimum atomic E-state index is 0.236. The zero-order chi connectivity index (χ0) is 17.8. The highest BCUT2D eigenvalue weighted by molar-refractivity contribution is 7.10. The molecular formula is C19H24N4OS. The highest BCUT2D eigenvalue weighted by Gasteiger charge is 2.30. The Balaban J connectivity index is 1.64.